The van der Waals surface area contributed by atoms with Crippen LogP contribution in [0.25, 0.3) is 10.9 Å². The molecular weight excluding hydrogens is 265 g/mol. The van der Waals surface area contributed by atoms with E-state index >= 15 is 0 Å². The lowest BCUT2D eigenvalue weighted by atomic mass is 10.2. The number of pyridine rings is 1. The molecule has 0 amide bonds. The van der Waals surface area contributed by atoms with E-state index in [-0.39, 0.29) is 18.2 Å². The van der Waals surface area contributed by atoms with Crippen LogP contribution in [0.3, 0.4) is 0 Å². The minimum absolute atomic E-state index is 0. The first-order valence-electron chi connectivity index (χ1n) is 5.69. The zero-order valence-corrected chi connectivity index (χ0v) is 11.1. The Labute approximate surface area is 116 Å². The molecule has 3 aromatic rings. The predicted molar refractivity (Wildman–Crippen MR) is 77.1 cm³/mol. The number of rotatable bonds is 2. The van der Waals surface area contributed by atoms with Crippen molar-refractivity contribution in [3.05, 3.63) is 60.3 Å². The Balaban J connectivity index is 0.00000133. The van der Waals surface area contributed by atoms with Crippen LogP contribution in [0.1, 0.15) is 5.56 Å². The van der Waals surface area contributed by atoms with Crippen LogP contribution in [0.4, 0.5) is 10.1 Å². The highest BCUT2D eigenvalue weighted by Gasteiger charge is 2.06. The molecule has 0 spiro atoms. The van der Waals surface area contributed by atoms with E-state index in [1.54, 1.807) is 12.3 Å². The van der Waals surface area contributed by atoms with Crippen molar-refractivity contribution in [1.82, 2.24) is 9.66 Å². The number of anilines is 1. The average Bonchev–Trinajstić information content (AvgIpc) is 2.70. The summed E-state index contributed by atoms with van der Waals surface area (Å²) in [4.78, 5) is 3.73. The summed E-state index contributed by atoms with van der Waals surface area (Å²) in [7, 11) is 0. The first-order valence-corrected chi connectivity index (χ1v) is 5.69. The first-order chi connectivity index (χ1) is 8.75. The number of halogens is 2. The second-order valence-corrected chi connectivity index (χ2v) is 4.17. The van der Waals surface area contributed by atoms with Gasteiger partial charge in [0.2, 0.25) is 0 Å². The standard InChI is InChI=1S/C14H12FN3.ClH/c1-10-9-18(14-5-3-2-4-11(10)14)17-13-6-7-16-8-12(13)15;/h2-9H,1H3,(H,16,17);1H. The Bertz CT molecular complexity index is 709. The summed E-state index contributed by atoms with van der Waals surface area (Å²) >= 11 is 0. The quantitative estimate of drug-likeness (QED) is 0.772. The van der Waals surface area contributed by atoms with Gasteiger partial charge in [0.05, 0.1) is 17.4 Å². The van der Waals surface area contributed by atoms with E-state index in [9.17, 15) is 4.39 Å². The molecule has 0 aliphatic heterocycles. The van der Waals surface area contributed by atoms with Crippen molar-refractivity contribution in [2.75, 3.05) is 5.43 Å². The summed E-state index contributed by atoms with van der Waals surface area (Å²) in [5.41, 5.74) is 5.61. The molecule has 0 fully saturated rings. The van der Waals surface area contributed by atoms with Crippen LogP contribution in [0, 0.1) is 12.7 Å². The molecule has 2 heterocycles. The van der Waals surface area contributed by atoms with E-state index in [2.05, 4.69) is 10.4 Å². The Morgan fingerprint density at radius 2 is 2.00 bits per heavy atom. The van der Waals surface area contributed by atoms with Crippen LogP contribution in [0.15, 0.2) is 48.9 Å². The topological polar surface area (TPSA) is 29.9 Å². The van der Waals surface area contributed by atoms with Crippen LogP contribution < -0.4 is 5.43 Å². The van der Waals surface area contributed by atoms with Crippen LogP contribution in [-0.2, 0) is 0 Å². The van der Waals surface area contributed by atoms with Crippen LogP contribution in [-0.4, -0.2) is 9.66 Å². The second kappa shape index (κ2) is 5.28. The fourth-order valence-electron chi connectivity index (χ4n) is 2.04. The molecule has 0 bridgehead atoms. The van der Waals surface area contributed by atoms with Gasteiger partial charge in [0.25, 0.3) is 0 Å². The zero-order chi connectivity index (χ0) is 12.5. The minimum Gasteiger partial charge on any atom is -0.291 e. The molecule has 0 saturated heterocycles. The number of para-hydroxylation sites is 1. The summed E-state index contributed by atoms with van der Waals surface area (Å²) in [5.74, 6) is -0.368. The smallest absolute Gasteiger partial charge is 0.166 e. The van der Waals surface area contributed by atoms with Crippen molar-refractivity contribution in [3.63, 3.8) is 0 Å². The monoisotopic (exact) mass is 277 g/mol. The van der Waals surface area contributed by atoms with Crippen LogP contribution in [0.5, 0.6) is 0 Å². The Morgan fingerprint density at radius 3 is 2.79 bits per heavy atom. The summed E-state index contributed by atoms with van der Waals surface area (Å²) < 4.78 is 15.4. The van der Waals surface area contributed by atoms with Crippen LogP contribution in [0.2, 0.25) is 0 Å². The number of nitrogens with zero attached hydrogens (tertiary/aromatic N) is 2. The van der Waals surface area contributed by atoms with E-state index in [0.717, 1.165) is 16.5 Å². The molecule has 3 nitrogen and oxygen atoms in total. The molecule has 0 aliphatic rings. The molecule has 0 unspecified atom stereocenters. The molecule has 1 N–H and O–H groups in total. The van der Waals surface area contributed by atoms with Crippen molar-refractivity contribution < 1.29 is 4.39 Å². The van der Waals surface area contributed by atoms with Gasteiger partial charge in [0.15, 0.2) is 5.82 Å². The highest BCUT2D eigenvalue weighted by Crippen LogP contribution is 2.21. The fraction of sp³-hybridized carbons (Fsp3) is 0.0714. The lowest BCUT2D eigenvalue weighted by Crippen LogP contribution is -2.08. The van der Waals surface area contributed by atoms with Crippen molar-refractivity contribution in [2.45, 2.75) is 6.92 Å². The van der Waals surface area contributed by atoms with Gasteiger partial charge in [-0.2, -0.15) is 0 Å². The average molecular weight is 278 g/mol. The third-order valence-electron chi connectivity index (χ3n) is 2.92. The summed E-state index contributed by atoms with van der Waals surface area (Å²) in [6, 6.07) is 9.61. The SMILES string of the molecule is Cc1cn(Nc2ccncc2F)c2ccccc12.Cl. The molecular formula is C14H13ClFN3. The molecule has 0 aliphatic carbocycles. The van der Waals surface area contributed by atoms with Gasteiger partial charge in [-0.25, -0.2) is 4.39 Å². The summed E-state index contributed by atoms with van der Waals surface area (Å²) in [6.45, 7) is 2.03. The molecule has 3 rings (SSSR count). The third-order valence-corrected chi connectivity index (χ3v) is 2.92. The minimum atomic E-state index is -0.368. The molecule has 0 saturated carbocycles. The van der Waals surface area contributed by atoms with Gasteiger partial charge in [-0.05, 0) is 24.6 Å². The Hall–Kier alpha value is -2.07. The van der Waals surface area contributed by atoms with Gasteiger partial charge in [0.1, 0.15) is 0 Å². The van der Waals surface area contributed by atoms with E-state index in [4.69, 9.17) is 0 Å². The molecule has 19 heavy (non-hydrogen) atoms. The largest absolute Gasteiger partial charge is 0.291 e. The molecule has 5 heteroatoms. The van der Waals surface area contributed by atoms with Crippen molar-refractivity contribution in [2.24, 2.45) is 0 Å². The Morgan fingerprint density at radius 1 is 1.21 bits per heavy atom. The van der Waals surface area contributed by atoms with Gasteiger partial charge in [-0.15, -0.1) is 12.4 Å². The van der Waals surface area contributed by atoms with E-state index in [1.165, 1.54) is 6.20 Å². The predicted octanol–water partition coefficient (Wildman–Crippen LogP) is 3.78. The number of hydrogen-bond donors (Lipinski definition) is 1. The number of benzene rings is 1. The number of fused-ring (bicyclic) bond motifs is 1. The second-order valence-electron chi connectivity index (χ2n) is 4.17. The lowest BCUT2D eigenvalue weighted by molar-refractivity contribution is 0.622. The third kappa shape index (κ3) is 2.39. The van der Waals surface area contributed by atoms with Crippen LogP contribution >= 0.6 is 12.4 Å². The van der Waals surface area contributed by atoms with Gasteiger partial charge >= 0.3 is 0 Å². The lowest BCUT2D eigenvalue weighted by Gasteiger charge is -2.09. The molecule has 0 radical (unpaired) electrons. The van der Waals surface area contributed by atoms with Crippen molar-refractivity contribution in [1.29, 1.82) is 0 Å². The van der Waals surface area contributed by atoms with Crippen molar-refractivity contribution in [3.8, 4) is 0 Å². The molecule has 1 aromatic carbocycles. The fourth-order valence-corrected chi connectivity index (χ4v) is 2.04. The highest BCUT2D eigenvalue weighted by atomic mass is 35.5. The van der Waals surface area contributed by atoms with E-state index in [1.807, 2.05) is 42.1 Å². The first kappa shape index (κ1) is 13.4. The normalized spacial score (nSPS) is 10.2. The van der Waals surface area contributed by atoms with Gasteiger partial charge in [-0.1, -0.05) is 18.2 Å². The maximum atomic E-state index is 13.5. The number of nitrogens with one attached hydrogen (secondary N) is 1. The zero-order valence-electron chi connectivity index (χ0n) is 10.3. The summed E-state index contributed by atoms with van der Waals surface area (Å²) in [6.07, 6.45) is 4.70. The highest BCUT2D eigenvalue weighted by molar-refractivity contribution is 5.85. The van der Waals surface area contributed by atoms with Gasteiger partial charge < -0.3 is 0 Å². The van der Waals surface area contributed by atoms with E-state index < -0.39 is 0 Å². The maximum absolute atomic E-state index is 13.5. The van der Waals surface area contributed by atoms with Gasteiger partial charge in [-0.3, -0.25) is 15.1 Å². The number of aromatic nitrogens is 2. The maximum Gasteiger partial charge on any atom is 0.166 e. The number of aryl methyl sites for hydroxylation is 1. The molecule has 98 valence electrons. The van der Waals surface area contributed by atoms with Gasteiger partial charge in [0, 0.05) is 17.8 Å². The molecule has 2 aromatic heterocycles. The summed E-state index contributed by atoms with van der Waals surface area (Å²) in [5, 5.41) is 1.15. The Kier molecular flexibility index (Phi) is 3.71. The van der Waals surface area contributed by atoms with E-state index in [0.29, 0.717) is 5.69 Å². The molecule has 0 atom stereocenters. The number of hydrogen-bond acceptors (Lipinski definition) is 2. The van der Waals surface area contributed by atoms with Crippen molar-refractivity contribution >= 4 is 29.0 Å².